The number of nitrogens with zero attached hydrogens (tertiary/aromatic N) is 1. The predicted molar refractivity (Wildman–Crippen MR) is 82.1 cm³/mol. The zero-order valence-corrected chi connectivity index (χ0v) is 13.1. The van der Waals surface area contributed by atoms with Crippen molar-refractivity contribution in [2.24, 2.45) is 11.3 Å². The molecule has 2 heterocycles. The molecule has 2 fully saturated rings. The molecule has 1 saturated heterocycles. The maximum absolute atomic E-state index is 12.6. The van der Waals surface area contributed by atoms with Crippen molar-refractivity contribution in [3.63, 3.8) is 0 Å². The van der Waals surface area contributed by atoms with Crippen LogP contribution < -0.4 is 10.6 Å². The third-order valence-electron chi connectivity index (χ3n) is 4.64. The number of thiazole rings is 1. The number of hydrogen-bond donors (Lipinski definition) is 2. The fourth-order valence-electron chi connectivity index (χ4n) is 2.82. The molecule has 1 amide bonds. The van der Waals surface area contributed by atoms with Gasteiger partial charge in [-0.3, -0.25) is 4.79 Å². The average Bonchev–Trinajstić information content (AvgIpc) is 3.20. The summed E-state index contributed by atoms with van der Waals surface area (Å²) in [7, 11) is 0. The third-order valence-corrected chi connectivity index (χ3v) is 5.42. The number of carbonyl (C=O) groups excluding carboxylic acids is 1. The summed E-state index contributed by atoms with van der Waals surface area (Å²) in [4.78, 5) is 17.1. The molecule has 0 radical (unpaired) electrons. The topological polar surface area (TPSA) is 54.0 Å². The Bertz CT molecular complexity index is 487. The van der Waals surface area contributed by atoms with Gasteiger partial charge in [0.2, 0.25) is 5.91 Å². The Morgan fingerprint density at radius 2 is 2.25 bits per heavy atom. The van der Waals surface area contributed by atoms with Crippen LogP contribution in [-0.2, 0) is 4.79 Å². The zero-order valence-electron chi connectivity index (χ0n) is 12.2. The molecule has 20 heavy (non-hydrogen) atoms. The first-order valence-corrected chi connectivity index (χ1v) is 8.43. The number of anilines is 1. The lowest BCUT2D eigenvalue weighted by atomic mass is 9.74. The quantitative estimate of drug-likeness (QED) is 0.897. The summed E-state index contributed by atoms with van der Waals surface area (Å²) in [6.07, 6.45) is 4.77. The van der Waals surface area contributed by atoms with E-state index >= 15 is 0 Å². The minimum absolute atomic E-state index is 0.0999. The van der Waals surface area contributed by atoms with Crippen LogP contribution in [0.1, 0.15) is 51.1 Å². The minimum atomic E-state index is -0.348. The lowest BCUT2D eigenvalue weighted by molar-refractivity contribution is -0.127. The molecule has 2 aliphatic rings. The largest absolute Gasteiger partial charge is 0.316 e. The van der Waals surface area contributed by atoms with E-state index in [0.717, 1.165) is 36.8 Å². The molecule has 1 saturated carbocycles. The van der Waals surface area contributed by atoms with Crippen molar-refractivity contribution in [2.75, 3.05) is 18.4 Å². The molecule has 1 aliphatic carbocycles. The van der Waals surface area contributed by atoms with Gasteiger partial charge in [-0.25, -0.2) is 4.98 Å². The maximum Gasteiger partial charge on any atom is 0.232 e. The van der Waals surface area contributed by atoms with Crippen molar-refractivity contribution in [3.05, 3.63) is 11.1 Å². The number of rotatable bonds is 4. The number of amides is 1. The third kappa shape index (κ3) is 2.88. The van der Waals surface area contributed by atoms with Gasteiger partial charge in [0.15, 0.2) is 5.13 Å². The van der Waals surface area contributed by atoms with Crippen LogP contribution >= 0.6 is 11.3 Å². The molecule has 1 aromatic rings. The highest BCUT2D eigenvalue weighted by Crippen LogP contribution is 2.41. The van der Waals surface area contributed by atoms with Gasteiger partial charge in [0.25, 0.3) is 0 Å². The van der Waals surface area contributed by atoms with Crippen molar-refractivity contribution < 1.29 is 4.79 Å². The second-order valence-electron chi connectivity index (χ2n) is 6.57. The Balaban J connectivity index is 1.64. The Hall–Kier alpha value is -0.940. The molecule has 3 rings (SSSR count). The van der Waals surface area contributed by atoms with Crippen molar-refractivity contribution in [2.45, 2.75) is 45.4 Å². The van der Waals surface area contributed by atoms with E-state index in [9.17, 15) is 4.79 Å². The van der Waals surface area contributed by atoms with E-state index in [1.165, 1.54) is 12.8 Å². The van der Waals surface area contributed by atoms with E-state index in [2.05, 4.69) is 34.8 Å². The average molecular weight is 293 g/mol. The lowest BCUT2D eigenvalue weighted by Crippen LogP contribution is -2.44. The van der Waals surface area contributed by atoms with E-state index in [1.807, 2.05) is 0 Å². The van der Waals surface area contributed by atoms with Gasteiger partial charge in [0, 0.05) is 16.7 Å². The van der Waals surface area contributed by atoms with E-state index in [1.54, 1.807) is 11.3 Å². The van der Waals surface area contributed by atoms with Crippen molar-refractivity contribution in [1.82, 2.24) is 10.3 Å². The van der Waals surface area contributed by atoms with Crippen LogP contribution in [0.3, 0.4) is 0 Å². The Morgan fingerprint density at radius 1 is 1.45 bits per heavy atom. The Kier molecular flexibility index (Phi) is 3.82. The number of aromatic nitrogens is 1. The summed E-state index contributed by atoms with van der Waals surface area (Å²) in [6.45, 7) is 6.11. The Morgan fingerprint density at radius 3 is 2.90 bits per heavy atom. The molecule has 5 heteroatoms. The second kappa shape index (κ2) is 5.45. The van der Waals surface area contributed by atoms with Crippen molar-refractivity contribution >= 4 is 22.4 Å². The number of carbonyl (C=O) groups is 1. The molecule has 0 bridgehead atoms. The standard InChI is InChI=1S/C15H23N3OS/c1-15(2,11-4-3-7-16-8-11)13(19)18-14-17-12(9-20-14)10-5-6-10/h9-11,16H,3-8H2,1-2H3,(H,17,18,19). The fraction of sp³-hybridized carbons (Fsp3) is 0.733. The molecule has 110 valence electrons. The predicted octanol–water partition coefficient (Wildman–Crippen LogP) is 2.98. The summed E-state index contributed by atoms with van der Waals surface area (Å²) in [5.41, 5.74) is 0.807. The van der Waals surface area contributed by atoms with Crippen LogP contribution in [0.4, 0.5) is 5.13 Å². The minimum Gasteiger partial charge on any atom is -0.316 e. The normalized spacial score (nSPS) is 23.6. The SMILES string of the molecule is CC(C)(C(=O)Nc1nc(C2CC2)cs1)C1CCCNC1. The summed E-state index contributed by atoms with van der Waals surface area (Å²) in [6, 6.07) is 0. The molecule has 1 aromatic heterocycles. The van der Waals surface area contributed by atoms with Gasteiger partial charge in [-0.2, -0.15) is 0 Å². The highest BCUT2D eigenvalue weighted by atomic mass is 32.1. The number of hydrogen-bond acceptors (Lipinski definition) is 4. The van der Waals surface area contributed by atoms with Gasteiger partial charge in [-0.05, 0) is 44.7 Å². The highest BCUT2D eigenvalue weighted by molar-refractivity contribution is 7.13. The molecular weight excluding hydrogens is 270 g/mol. The Labute approximate surface area is 124 Å². The first kappa shape index (κ1) is 14.0. The van der Waals surface area contributed by atoms with Gasteiger partial charge in [-0.15, -0.1) is 11.3 Å². The van der Waals surface area contributed by atoms with E-state index in [0.29, 0.717) is 11.8 Å². The van der Waals surface area contributed by atoms with Crippen LogP contribution in [0.25, 0.3) is 0 Å². The summed E-state index contributed by atoms with van der Waals surface area (Å²) >= 11 is 1.55. The molecule has 1 aliphatic heterocycles. The first-order chi connectivity index (χ1) is 9.57. The van der Waals surface area contributed by atoms with Crippen LogP contribution in [0.5, 0.6) is 0 Å². The zero-order chi connectivity index (χ0) is 14.2. The van der Waals surface area contributed by atoms with Gasteiger partial charge >= 0.3 is 0 Å². The molecule has 1 unspecified atom stereocenters. The van der Waals surface area contributed by atoms with E-state index in [-0.39, 0.29) is 11.3 Å². The maximum atomic E-state index is 12.6. The van der Waals surface area contributed by atoms with Crippen LogP contribution in [0, 0.1) is 11.3 Å². The molecular formula is C15H23N3OS. The van der Waals surface area contributed by atoms with Crippen LogP contribution in [0.15, 0.2) is 5.38 Å². The van der Waals surface area contributed by atoms with Crippen LogP contribution in [-0.4, -0.2) is 24.0 Å². The first-order valence-electron chi connectivity index (χ1n) is 7.55. The molecule has 0 spiro atoms. The molecule has 0 aromatic carbocycles. The highest BCUT2D eigenvalue weighted by Gasteiger charge is 2.37. The van der Waals surface area contributed by atoms with Gasteiger partial charge < -0.3 is 10.6 Å². The van der Waals surface area contributed by atoms with Gasteiger partial charge in [-0.1, -0.05) is 13.8 Å². The van der Waals surface area contributed by atoms with E-state index < -0.39 is 0 Å². The van der Waals surface area contributed by atoms with Gasteiger partial charge in [0.1, 0.15) is 0 Å². The smallest absolute Gasteiger partial charge is 0.232 e. The molecule has 2 N–H and O–H groups in total. The van der Waals surface area contributed by atoms with Crippen molar-refractivity contribution in [1.29, 1.82) is 0 Å². The lowest BCUT2D eigenvalue weighted by Gasteiger charge is -2.35. The summed E-state index contributed by atoms with van der Waals surface area (Å²) in [5, 5.41) is 9.26. The monoisotopic (exact) mass is 293 g/mol. The fourth-order valence-corrected chi connectivity index (χ4v) is 3.61. The van der Waals surface area contributed by atoms with Gasteiger partial charge in [0.05, 0.1) is 5.69 Å². The van der Waals surface area contributed by atoms with E-state index in [4.69, 9.17) is 0 Å². The number of piperidine rings is 1. The van der Waals surface area contributed by atoms with Crippen molar-refractivity contribution in [3.8, 4) is 0 Å². The summed E-state index contributed by atoms with van der Waals surface area (Å²) < 4.78 is 0. The second-order valence-corrected chi connectivity index (χ2v) is 7.43. The molecule has 4 nitrogen and oxygen atoms in total. The van der Waals surface area contributed by atoms with Crippen LogP contribution in [0.2, 0.25) is 0 Å². The summed E-state index contributed by atoms with van der Waals surface area (Å²) in [5.74, 6) is 1.15. The molecule has 1 atom stereocenters. The number of nitrogens with one attached hydrogen (secondary N) is 2.